The van der Waals surface area contributed by atoms with E-state index in [1.807, 2.05) is 36.4 Å². The number of nitrogen functional groups attached to an aromatic ring is 1. The third-order valence-electron chi connectivity index (χ3n) is 3.31. The van der Waals surface area contributed by atoms with E-state index in [4.69, 9.17) is 23.2 Å². The van der Waals surface area contributed by atoms with E-state index < -0.39 is 0 Å². The second-order valence-corrected chi connectivity index (χ2v) is 5.09. The summed E-state index contributed by atoms with van der Waals surface area (Å²) >= 11 is 5.99. The quantitative estimate of drug-likeness (QED) is 0.510. The normalized spacial score (nSPS) is 12.5. The Hall–Kier alpha value is -2.21. The monoisotopic (exact) mass is 299 g/mol. The molecular weight excluding hydrogens is 286 g/mol. The van der Waals surface area contributed by atoms with Crippen LogP contribution >= 0.6 is 11.6 Å². The number of para-hydroxylation sites is 1. The highest BCUT2D eigenvalue weighted by Gasteiger charge is 2.18. The number of benzene rings is 1. The largest absolute Gasteiger partial charge is 0.383 e. The predicted molar refractivity (Wildman–Crippen MR) is 84.6 cm³/mol. The van der Waals surface area contributed by atoms with Gasteiger partial charge in [-0.15, -0.1) is 0 Å². The summed E-state index contributed by atoms with van der Waals surface area (Å²) in [7, 11) is 0. The van der Waals surface area contributed by atoms with Crippen molar-refractivity contribution in [2.24, 2.45) is 5.84 Å². The number of fused-ring (bicyclic) bond motifs is 1. The number of nitrogens with one attached hydrogen (secondary N) is 1. The summed E-state index contributed by atoms with van der Waals surface area (Å²) < 4.78 is 0. The van der Waals surface area contributed by atoms with Gasteiger partial charge in [0.15, 0.2) is 0 Å². The molecule has 2 heterocycles. The lowest BCUT2D eigenvalue weighted by Gasteiger charge is -2.18. The van der Waals surface area contributed by atoms with Crippen molar-refractivity contribution in [1.82, 2.24) is 15.4 Å². The fourth-order valence-corrected chi connectivity index (χ4v) is 2.44. The number of hydrogen-bond acceptors (Lipinski definition) is 5. The Kier molecular flexibility index (Phi) is 3.70. The lowest BCUT2D eigenvalue weighted by molar-refractivity contribution is 0.623. The minimum absolute atomic E-state index is 0.373. The van der Waals surface area contributed by atoms with E-state index in [0.717, 1.165) is 16.6 Å². The van der Waals surface area contributed by atoms with Crippen LogP contribution in [0.2, 0.25) is 5.02 Å². The van der Waals surface area contributed by atoms with Crippen LogP contribution in [0.1, 0.15) is 17.3 Å². The van der Waals surface area contributed by atoms with Crippen LogP contribution in [-0.2, 0) is 0 Å². The van der Waals surface area contributed by atoms with E-state index >= 15 is 0 Å². The first kappa shape index (κ1) is 13.8. The number of pyridine rings is 2. The second-order valence-electron chi connectivity index (χ2n) is 4.66. The molecule has 1 aromatic carbocycles. The van der Waals surface area contributed by atoms with Gasteiger partial charge in [-0.2, -0.15) is 0 Å². The van der Waals surface area contributed by atoms with Gasteiger partial charge in [0, 0.05) is 17.1 Å². The van der Waals surface area contributed by atoms with Gasteiger partial charge >= 0.3 is 0 Å². The Labute approximate surface area is 126 Å². The van der Waals surface area contributed by atoms with Crippen molar-refractivity contribution in [3.63, 3.8) is 0 Å². The summed E-state index contributed by atoms with van der Waals surface area (Å²) in [5.74, 6) is 6.06. The third-order valence-corrected chi connectivity index (χ3v) is 3.52. The molecule has 3 rings (SSSR count). The molecular formula is C15H14ClN5. The summed E-state index contributed by atoms with van der Waals surface area (Å²) in [6.45, 7) is 0. The number of hydrazine groups is 1. The minimum atomic E-state index is -0.374. The summed E-state index contributed by atoms with van der Waals surface area (Å²) in [4.78, 5) is 8.68. The minimum Gasteiger partial charge on any atom is -0.383 e. The van der Waals surface area contributed by atoms with Gasteiger partial charge in [-0.05, 0) is 18.2 Å². The standard InChI is InChI=1S/C15H14ClN5/c16-10-7-11(15(17)19-8-10)14(21-18)13-6-5-9-3-1-2-4-12(9)20-13/h1-8,14,21H,18H2,(H2,17,19). The molecule has 6 heteroatoms. The van der Waals surface area contributed by atoms with E-state index in [2.05, 4.69) is 15.4 Å². The van der Waals surface area contributed by atoms with Crippen molar-refractivity contribution in [1.29, 1.82) is 0 Å². The fourth-order valence-electron chi connectivity index (χ4n) is 2.27. The van der Waals surface area contributed by atoms with Crippen LogP contribution in [-0.4, -0.2) is 9.97 Å². The van der Waals surface area contributed by atoms with Gasteiger partial charge in [0.25, 0.3) is 0 Å². The molecule has 5 nitrogen and oxygen atoms in total. The average molecular weight is 300 g/mol. The first-order valence-corrected chi connectivity index (χ1v) is 6.79. The van der Waals surface area contributed by atoms with Crippen LogP contribution in [0.15, 0.2) is 48.7 Å². The number of rotatable bonds is 3. The molecule has 3 aromatic rings. The van der Waals surface area contributed by atoms with E-state index in [1.165, 1.54) is 6.20 Å². The number of nitrogens with zero attached hydrogens (tertiary/aromatic N) is 2. The molecule has 0 amide bonds. The molecule has 0 fully saturated rings. The third kappa shape index (κ3) is 2.67. The summed E-state index contributed by atoms with van der Waals surface area (Å²) in [6.07, 6.45) is 1.50. The molecule has 0 aliphatic rings. The van der Waals surface area contributed by atoms with Crippen molar-refractivity contribution in [3.05, 3.63) is 64.9 Å². The van der Waals surface area contributed by atoms with Crippen LogP contribution in [0.4, 0.5) is 5.82 Å². The van der Waals surface area contributed by atoms with Gasteiger partial charge in [-0.25, -0.2) is 10.4 Å². The summed E-state index contributed by atoms with van der Waals surface area (Å²) in [6, 6.07) is 13.1. The van der Waals surface area contributed by atoms with Crippen molar-refractivity contribution in [2.45, 2.75) is 6.04 Å². The van der Waals surface area contributed by atoms with Gasteiger partial charge in [0.2, 0.25) is 0 Å². The maximum Gasteiger partial charge on any atom is 0.128 e. The lowest BCUT2D eigenvalue weighted by atomic mass is 10.0. The second kappa shape index (κ2) is 5.65. The first-order chi connectivity index (χ1) is 10.2. The highest BCUT2D eigenvalue weighted by molar-refractivity contribution is 6.30. The highest BCUT2D eigenvalue weighted by Crippen LogP contribution is 2.27. The topological polar surface area (TPSA) is 89.8 Å². The Morgan fingerprint density at radius 1 is 1.14 bits per heavy atom. The van der Waals surface area contributed by atoms with E-state index in [1.54, 1.807) is 6.07 Å². The molecule has 0 saturated carbocycles. The summed E-state index contributed by atoms with van der Waals surface area (Å²) in [5, 5.41) is 1.56. The number of nitrogens with two attached hydrogens (primary N) is 2. The van der Waals surface area contributed by atoms with Crippen LogP contribution < -0.4 is 17.0 Å². The first-order valence-electron chi connectivity index (χ1n) is 6.42. The number of anilines is 1. The van der Waals surface area contributed by atoms with Gasteiger partial charge < -0.3 is 5.73 Å². The Morgan fingerprint density at radius 3 is 2.76 bits per heavy atom. The molecule has 5 N–H and O–H groups in total. The van der Waals surface area contributed by atoms with Crippen molar-refractivity contribution in [3.8, 4) is 0 Å². The maximum atomic E-state index is 5.99. The van der Waals surface area contributed by atoms with Crippen LogP contribution in [0, 0.1) is 0 Å². The molecule has 0 saturated heterocycles. The zero-order chi connectivity index (χ0) is 14.8. The van der Waals surface area contributed by atoms with Crippen molar-refractivity contribution < 1.29 is 0 Å². The number of aromatic nitrogens is 2. The zero-order valence-electron chi connectivity index (χ0n) is 11.1. The molecule has 0 spiro atoms. The summed E-state index contributed by atoms with van der Waals surface area (Å²) in [5.41, 5.74) is 11.0. The molecule has 0 bridgehead atoms. The molecule has 0 aliphatic carbocycles. The van der Waals surface area contributed by atoms with Crippen LogP contribution in [0.25, 0.3) is 10.9 Å². The smallest absolute Gasteiger partial charge is 0.128 e. The van der Waals surface area contributed by atoms with E-state index in [9.17, 15) is 0 Å². The molecule has 21 heavy (non-hydrogen) atoms. The fraction of sp³-hybridized carbons (Fsp3) is 0.0667. The van der Waals surface area contributed by atoms with Crippen LogP contribution in [0.5, 0.6) is 0 Å². The Morgan fingerprint density at radius 2 is 1.95 bits per heavy atom. The number of halogens is 1. The maximum absolute atomic E-state index is 5.99. The van der Waals surface area contributed by atoms with Gasteiger partial charge in [0.05, 0.1) is 22.3 Å². The average Bonchev–Trinajstić information content (AvgIpc) is 2.51. The molecule has 1 unspecified atom stereocenters. The Bertz CT molecular complexity index is 790. The number of hydrogen-bond donors (Lipinski definition) is 3. The lowest BCUT2D eigenvalue weighted by Crippen LogP contribution is -2.30. The van der Waals surface area contributed by atoms with E-state index in [0.29, 0.717) is 16.4 Å². The molecule has 0 radical (unpaired) electrons. The highest BCUT2D eigenvalue weighted by atomic mass is 35.5. The Balaban J connectivity index is 2.11. The molecule has 1 atom stereocenters. The molecule has 0 aliphatic heterocycles. The zero-order valence-corrected chi connectivity index (χ0v) is 11.9. The predicted octanol–water partition coefficient (Wildman–Crippen LogP) is 2.42. The van der Waals surface area contributed by atoms with Gasteiger partial charge in [-0.3, -0.25) is 10.8 Å². The van der Waals surface area contributed by atoms with Crippen molar-refractivity contribution >= 4 is 28.3 Å². The van der Waals surface area contributed by atoms with Crippen LogP contribution in [0.3, 0.4) is 0 Å². The van der Waals surface area contributed by atoms with Gasteiger partial charge in [-0.1, -0.05) is 35.9 Å². The van der Waals surface area contributed by atoms with Gasteiger partial charge in [0.1, 0.15) is 5.82 Å². The molecule has 2 aromatic heterocycles. The molecule has 106 valence electrons. The van der Waals surface area contributed by atoms with E-state index in [-0.39, 0.29) is 6.04 Å². The SMILES string of the molecule is NNC(c1ccc2ccccc2n1)c1cc(Cl)cnc1N. The van der Waals surface area contributed by atoms with Crippen molar-refractivity contribution in [2.75, 3.05) is 5.73 Å².